The monoisotopic (exact) mass is 414 g/mol. The second-order valence-electron chi connectivity index (χ2n) is 8.51. The number of halogens is 1. The number of hydrogen-bond donors (Lipinski definition) is 1. The predicted octanol–water partition coefficient (Wildman–Crippen LogP) is 4.75. The summed E-state index contributed by atoms with van der Waals surface area (Å²) in [4.78, 5) is 15.8. The van der Waals surface area contributed by atoms with Crippen molar-refractivity contribution in [2.24, 2.45) is 0 Å². The summed E-state index contributed by atoms with van der Waals surface area (Å²) in [6.45, 7) is 4.85. The summed E-state index contributed by atoms with van der Waals surface area (Å²) in [6, 6.07) is 9.70. The number of aryl methyl sites for hydroxylation is 1. The Bertz CT molecular complexity index is 836. The van der Waals surface area contributed by atoms with Crippen molar-refractivity contribution in [3.63, 3.8) is 0 Å². The van der Waals surface area contributed by atoms with Gasteiger partial charge in [-0.15, -0.1) is 0 Å². The fourth-order valence-corrected chi connectivity index (χ4v) is 5.37. The van der Waals surface area contributed by atoms with E-state index in [9.17, 15) is 4.79 Å². The van der Waals surface area contributed by atoms with Gasteiger partial charge in [-0.1, -0.05) is 55.5 Å². The molecule has 1 aliphatic carbocycles. The van der Waals surface area contributed by atoms with Gasteiger partial charge in [0.25, 0.3) is 5.91 Å². The van der Waals surface area contributed by atoms with Crippen molar-refractivity contribution in [3.8, 4) is 5.69 Å². The Morgan fingerprint density at radius 3 is 2.41 bits per heavy atom. The van der Waals surface area contributed by atoms with Gasteiger partial charge in [0.1, 0.15) is 5.15 Å². The minimum Gasteiger partial charge on any atom is -0.350 e. The van der Waals surface area contributed by atoms with Gasteiger partial charge in [0.05, 0.1) is 16.9 Å². The van der Waals surface area contributed by atoms with Gasteiger partial charge in [0.15, 0.2) is 0 Å². The fourth-order valence-electron chi connectivity index (χ4n) is 5.01. The van der Waals surface area contributed by atoms with E-state index in [0.717, 1.165) is 18.8 Å². The molecule has 29 heavy (non-hydrogen) atoms. The van der Waals surface area contributed by atoms with Crippen molar-refractivity contribution in [2.75, 3.05) is 19.6 Å². The topological polar surface area (TPSA) is 50.2 Å². The van der Waals surface area contributed by atoms with Gasteiger partial charge in [0, 0.05) is 12.1 Å². The third-order valence-corrected chi connectivity index (χ3v) is 6.97. The summed E-state index contributed by atoms with van der Waals surface area (Å²) in [5, 5.41) is 8.13. The Balaban J connectivity index is 1.52. The van der Waals surface area contributed by atoms with Crippen molar-refractivity contribution < 1.29 is 4.79 Å². The highest BCUT2D eigenvalue weighted by atomic mass is 35.5. The summed E-state index contributed by atoms with van der Waals surface area (Å²) in [5.74, 6) is -0.114. The van der Waals surface area contributed by atoms with E-state index in [4.69, 9.17) is 11.6 Å². The minimum absolute atomic E-state index is 0.101. The molecule has 1 aromatic heterocycles. The van der Waals surface area contributed by atoms with Gasteiger partial charge < -0.3 is 5.32 Å². The molecule has 0 unspecified atom stereocenters. The number of piperidine rings is 1. The molecule has 0 spiro atoms. The number of amides is 1. The van der Waals surface area contributed by atoms with Crippen LogP contribution in [0.3, 0.4) is 0 Å². The Kier molecular flexibility index (Phi) is 6.26. The summed E-state index contributed by atoms with van der Waals surface area (Å²) in [7, 11) is 0. The van der Waals surface area contributed by atoms with Crippen LogP contribution >= 0.6 is 11.6 Å². The van der Waals surface area contributed by atoms with Crippen LogP contribution in [0.4, 0.5) is 0 Å². The zero-order valence-corrected chi connectivity index (χ0v) is 18.0. The molecule has 1 aromatic carbocycles. The van der Waals surface area contributed by atoms with E-state index in [2.05, 4.69) is 15.3 Å². The first-order valence-corrected chi connectivity index (χ1v) is 11.3. The molecule has 1 aliphatic heterocycles. The van der Waals surface area contributed by atoms with Crippen LogP contribution in [0.5, 0.6) is 0 Å². The third kappa shape index (κ3) is 4.22. The maximum Gasteiger partial charge on any atom is 0.256 e. The lowest BCUT2D eigenvalue weighted by atomic mass is 9.79. The molecule has 1 amide bonds. The zero-order chi connectivity index (χ0) is 20.3. The lowest BCUT2D eigenvalue weighted by Crippen LogP contribution is -2.58. The smallest absolute Gasteiger partial charge is 0.256 e. The molecule has 2 heterocycles. The van der Waals surface area contributed by atoms with E-state index in [1.54, 1.807) is 4.68 Å². The van der Waals surface area contributed by atoms with E-state index in [0.29, 0.717) is 23.0 Å². The maximum absolute atomic E-state index is 13.1. The summed E-state index contributed by atoms with van der Waals surface area (Å²) in [6.07, 6.45) is 10.0. The molecule has 5 nitrogen and oxygen atoms in total. The molecule has 0 atom stereocenters. The highest BCUT2D eigenvalue weighted by molar-refractivity contribution is 6.33. The van der Waals surface area contributed by atoms with Crippen LogP contribution < -0.4 is 5.32 Å². The number of carbonyl (C=O) groups is 1. The first-order valence-electron chi connectivity index (χ1n) is 10.9. The molecule has 6 heteroatoms. The highest BCUT2D eigenvalue weighted by Gasteiger charge is 2.39. The van der Waals surface area contributed by atoms with Crippen LogP contribution in [0.15, 0.2) is 30.3 Å². The maximum atomic E-state index is 13.1. The molecule has 0 radical (unpaired) electrons. The normalized spacial score (nSPS) is 19.8. The fraction of sp³-hybridized carbons (Fsp3) is 0.565. The van der Waals surface area contributed by atoms with E-state index in [-0.39, 0.29) is 11.4 Å². The second kappa shape index (κ2) is 8.88. The number of likely N-dealkylation sites (tertiary alicyclic amines) is 1. The van der Waals surface area contributed by atoms with Crippen LogP contribution in [-0.4, -0.2) is 45.8 Å². The summed E-state index contributed by atoms with van der Waals surface area (Å²) >= 11 is 6.59. The lowest BCUT2D eigenvalue weighted by Gasteiger charge is -2.48. The average molecular weight is 415 g/mol. The van der Waals surface area contributed by atoms with E-state index < -0.39 is 0 Å². The number of nitrogens with zero attached hydrogens (tertiary/aromatic N) is 3. The molecule has 1 saturated carbocycles. The number of nitrogens with one attached hydrogen (secondary N) is 1. The lowest BCUT2D eigenvalue weighted by molar-refractivity contribution is 0.0326. The van der Waals surface area contributed by atoms with Gasteiger partial charge in [0.2, 0.25) is 0 Å². The van der Waals surface area contributed by atoms with Crippen molar-refractivity contribution in [2.45, 2.75) is 63.8 Å². The molecule has 1 N–H and O–H groups in total. The van der Waals surface area contributed by atoms with Crippen molar-refractivity contribution >= 4 is 17.5 Å². The summed E-state index contributed by atoms with van der Waals surface area (Å²) < 4.78 is 1.65. The first kappa shape index (κ1) is 20.4. The summed E-state index contributed by atoms with van der Waals surface area (Å²) in [5.41, 5.74) is 2.10. The van der Waals surface area contributed by atoms with E-state index >= 15 is 0 Å². The van der Waals surface area contributed by atoms with Crippen LogP contribution in [0.1, 0.15) is 67.4 Å². The Morgan fingerprint density at radius 1 is 1.07 bits per heavy atom. The largest absolute Gasteiger partial charge is 0.350 e. The number of carbonyl (C=O) groups excluding carboxylic acids is 1. The Labute approximate surface area is 178 Å². The Morgan fingerprint density at radius 2 is 1.72 bits per heavy atom. The van der Waals surface area contributed by atoms with Crippen LogP contribution in [-0.2, 0) is 0 Å². The molecule has 4 rings (SSSR count). The molecule has 2 aliphatic rings. The predicted molar refractivity (Wildman–Crippen MR) is 117 cm³/mol. The molecule has 1 saturated heterocycles. The van der Waals surface area contributed by atoms with Gasteiger partial charge in [-0.05, 0) is 57.8 Å². The SMILES string of the molecule is Cc1nn(-c2ccccc2)c(Cl)c1C(=O)NCC1(N2CCCCC2)CCCCC1. The Hall–Kier alpha value is -1.85. The van der Waals surface area contributed by atoms with Gasteiger partial charge >= 0.3 is 0 Å². The average Bonchev–Trinajstić information content (AvgIpc) is 3.08. The first-order chi connectivity index (χ1) is 14.1. The molecular formula is C23H31ClN4O. The van der Waals surface area contributed by atoms with Gasteiger partial charge in [-0.25, -0.2) is 4.68 Å². The number of rotatable bonds is 5. The molecular weight excluding hydrogens is 384 g/mol. The number of hydrogen-bond acceptors (Lipinski definition) is 3. The molecule has 2 aromatic rings. The number of benzene rings is 1. The third-order valence-electron chi connectivity index (χ3n) is 6.62. The second-order valence-corrected chi connectivity index (χ2v) is 8.87. The standard InChI is InChI=1S/C23H31ClN4O/c1-18-20(21(24)28(26-18)19-11-5-2-6-12-19)22(29)25-17-23(13-7-3-8-14-23)27-15-9-4-10-16-27/h2,5-6,11-12H,3-4,7-10,13-17H2,1H3,(H,25,29). The van der Waals surface area contributed by atoms with Crippen LogP contribution in [0.2, 0.25) is 5.15 Å². The quantitative estimate of drug-likeness (QED) is 0.767. The highest BCUT2D eigenvalue weighted by Crippen LogP contribution is 2.35. The van der Waals surface area contributed by atoms with Crippen LogP contribution in [0.25, 0.3) is 5.69 Å². The zero-order valence-electron chi connectivity index (χ0n) is 17.3. The van der Waals surface area contributed by atoms with Crippen LogP contribution in [0, 0.1) is 6.92 Å². The van der Waals surface area contributed by atoms with Gasteiger partial charge in [-0.3, -0.25) is 9.69 Å². The van der Waals surface area contributed by atoms with Crippen molar-refractivity contribution in [1.82, 2.24) is 20.0 Å². The number of aromatic nitrogens is 2. The molecule has 0 bridgehead atoms. The molecule has 156 valence electrons. The molecule has 2 fully saturated rings. The van der Waals surface area contributed by atoms with E-state index in [1.165, 1.54) is 51.4 Å². The van der Waals surface area contributed by atoms with Crippen molar-refractivity contribution in [3.05, 3.63) is 46.7 Å². The van der Waals surface area contributed by atoms with Crippen molar-refractivity contribution in [1.29, 1.82) is 0 Å². The van der Waals surface area contributed by atoms with Gasteiger partial charge in [-0.2, -0.15) is 5.10 Å². The number of para-hydroxylation sites is 1. The van der Waals surface area contributed by atoms with E-state index in [1.807, 2.05) is 37.3 Å². The minimum atomic E-state index is -0.114.